The third-order valence-electron chi connectivity index (χ3n) is 11.6. The second-order valence-electron chi connectivity index (χ2n) is 17.1. The topological polar surface area (TPSA) is 304 Å². The van der Waals surface area contributed by atoms with E-state index < -0.39 is 57.4 Å². The molecule has 0 spiro atoms. The molecule has 0 aliphatic carbocycles. The molecule has 0 aliphatic rings. The van der Waals surface area contributed by atoms with Gasteiger partial charge in [-0.25, -0.2) is 19.6 Å². The Balaban J connectivity index is 1.02. The van der Waals surface area contributed by atoms with E-state index in [4.69, 9.17) is 9.47 Å². The predicted molar refractivity (Wildman–Crippen MR) is 263 cm³/mol. The third kappa shape index (κ3) is 16.5. The number of amides is 4. The number of anilines is 2. The van der Waals surface area contributed by atoms with Crippen molar-refractivity contribution < 1.29 is 28.7 Å². The number of hydrogen-bond acceptors (Lipinski definition) is 14. The minimum absolute atomic E-state index is 0.0213. The molecule has 4 aromatic heterocycles. The molecule has 1 aromatic carbocycles. The van der Waals surface area contributed by atoms with Crippen LogP contribution in [0, 0.1) is 0 Å². The van der Waals surface area contributed by atoms with Gasteiger partial charge in [0.25, 0.3) is 33.4 Å². The average Bonchev–Trinajstić information content (AvgIpc) is 3.70. The second kappa shape index (κ2) is 27.7. The van der Waals surface area contributed by atoms with Gasteiger partial charge in [0.2, 0.25) is 11.9 Å². The zero-order valence-corrected chi connectivity index (χ0v) is 40.0. The number of hydrogen-bond donors (Lipinski definition) is 6. The lowest BCUT2D eigenvalue weighted by Crippen LogP contribution is -2.33. The molecule has 0 fully saturated rings. The molecule has 0 bridgehead atoms. The first kappa shape index (κ1) is 53.7. The van der Waals surface area contributed by atoms with Crippen molar-refractivity contribution in [2.75, 3.05) is 36.9 Å². The normalized spacial score (nSPS) is 11.2. The van der Waals surface area contributed by atoms with Crippen molar-refractivity contribution in [3.63, 3.8) is 0 Å². The zero-order chi connectivity index (χ0) is 50.4. The summed E-state index contributed by atoms with van der Waals surface area (Å²) in [5.41, 5.74) is -2.82. The molecule has 22 heteroatoms. The number of urea groups is 2. The minimum atomic E-state index is -0.784. The van der Waals surface area contributed by atoms with Crippen LogP contribution in [0.2, 0.25) is 0 Å². The smallest absolute Gasteiger partial charge is 0.321 e. The van der Waals surface area contributed by atoms with E-state index in [1.165, 1.54) is 63.5 Å². The van der Waals surface area contributed by atoms with Gasteiger partial charge in [-0.05, 0) is 37.8 Å². The lowest BCUT2D eigenvalue weighted by molar-refractivity contribution is -0.144. The van der Waals surface area contributed by atoms with Crippen molar-refractivity contribution in [3.05, 3.63) is 97.8 Å². The third-order valence-corrected chi connectivity index (χ3v) is 11.6. The van der Waals surface area contributed by atoms with Crippen LogP contribution in [-0.4, -0.2) is 79.4 Å². The number of fused-ring (bicyclic) bond motifs is 2. The maximum Gasteiger partial charge on any atom is 0.321 e. The van der Waals surface area contributed by atoms with E-state index in [9.17, 15) is 47.9 Å². The fourth-order valence-corrected chi connectivity index (χ4v) is 7.91. The lowest BCUT2D eigenvalue weighted by Gasteiger charge is -2.09. The quantitative estimate of drug-likeness (QED) is 0.0278. The first-order chi connectivity index (χ1) is 33.8. The Morgan fingerprint density at radius 3 is 1.20 bits per heavy atom. The van der Waals surface area contributed by atoms with E-state index in [0.717, 1.165) is 59.8 Å². The number of nitrogens with one attached hydrogen (secondary N) is 6. The van der Waals surface area contributed by atoms with E-state index in [1.54, 1.807) is 0 Å². The standard InChI is InChI=1S/C48H64N10O12/c1-3-5-7-9-11-13-15-17-31-27-37(59)53-45(51-31)55-47(67)49-21-25-69-39(61)19-23-57-41(63)33-29-35-36(30-34(33)42(57)64)44(66)58(43(35)65)24-20-40(62)70-26-22-50-48(68)56-46-52-32(28-38(60)54-46)18-16-14-12-10-8-6-4-2/h27-30H,3-26H2,1-2H3,(H3,49,51,53,55,59,67)(H3,50,52,54,56,60,68). The van der Waals surface area contributed by atoms with Crippen LogP contribution in [0.15, 0.2) is 53.0 Å². The number of aromatic nitrogens is 6. The molecule has 4 heterocycles. The van der Waals surface area contributed by atoms with Gasteiger partial charge in [-0.1, -0.05) is 90.9 Å². The van der Waals surface area contributed by atoms with Gasteiger partial charge >= 0.3 is 24.0 Å². The number of unbranched alkanes of at least 4 members (excludes halogenated alkanes) is 12. The van der Waals surface area contributed by atoms with Crippen LogP contribution in [0.1, 0.15) is 128 Å². The first-order valence-electron chi connectivity index (χ1n) is 24.3. The summed E-state index contributed by atoms with van der Waals surface area (Å²) in [7, 11) is 0. The van der Waals surface area contributed by atoms with Crippen LogP contribution in [0.5, 0.6) is 0 Å². The summed E-state index contributed by atoms with van der Waals surface area (Å²) in [6.07, 6.45) is 16.0. The maximum atomic E-state index is 13.3. The van der Waals surface area contributed by atoms with Crippen molar-refractivity contribution in [1.29, 1.82) is 0 Å². The van der Waals surface area contributed by atoms with E-state index in [1.807, 2.05) is 0 Å². The molecule has 0 saturated heterocycles. The van der Waals surface area contributed by atoms with E-state index >= 15 is 0 Å². The van der Waals surface area contributed by atoms with Crippen molar-refractivity contribution in [2.24, 2.45) is 0 Å². The SMILES string of the molecule is CCCCCCCCCc1cc(=O)[nH]c(NC(=O)NCCOC(=O)CCn2c(=O)c3cc4c(=O)n(CCC(=O)OCCNC(=O)Nc5nc(CCCCCCCCC)cc(=O)[nH]5)c(=O)c4cc3c2=O)n1. The van der Waals surface area contributed by atoms with E-state index in [2.05, 4.69) is 55.1 Å². The highest BCUT2D eigenvalue weighted by molar-refractivity contribution is 5.98. The number of carbonyl (C=O) groups is 4. The van der Waals surface area contributed by atoms with Gasteiger partial charge in [-0.2, -0.15) is 0 Å². The van der Waals surface area contributed by atoms with E-state index in [0.29, 0.717) is 24.2 Å². The fraction of sp³-hybridized carbons (Fsp3) is 0.542. The van der Waals surface area contributed by atoms with Crippen LogP contribution in [0.25, 0.3) is 21.5 Å². The Morgan fingerprint density at radius 1 is 0.500 bits per heavy atom. The Bertz CT molecular complexity index is 2640. The molecule has 5 aromatic rings. The molecule has 6 N–H and O–H groups in total. The summed E-state index contributed by atoms with van der Waals surface area (Å²) in [5, 5.41) is 9.34. The highest BCUT2D eigenvalue weighted by Crippen LogP contribution is 2.16. The fourth-order valence-electron chi connectivity index (χ4n) is 7.91. The van der Waals surface area contributed by atoms with Crippen LogP contribution in [-0.2, 0) is 45.0 Å². The molecular weight excluding hydrogens is 909 g/mol. The highest BCUT2D eigenvalue weighted by atomic mass is 16.5. The molecule has 4 amide bonds. The molecule has 0 radical (unpaired) electrons. The summed E-state index contributed by atoms with van der Waals surface area (Å²) < 4.78 is 11.9. The Labute approximate surface area is 402 Å². The number of esters is 2. The number of nitrogens with zero attached hydrogens (tertiary/aromatic N) is 4. The molecule has 0 unspecified atom stereocenters. The van der Waals surface area contributed by atoms with Crippen LogP contribution >= 0.6 is 0 Å². The minimum Gasteiger partial charge on any atom is -0.464 e. The summed E-state index contributed by atoms with van der Waals surface area (Å²) in [6.45, 7) is 2.92. The van der Waals surface area contributed by atoms with Crippen molar-refractivity contribution in [2.45, 2.75) is 143 Å². The van der Waals surface area contributed by atoms with Gasteiger partial charge < -0.3 is 20.1 Å². The summed E-state index contributed by atoms with van der Waals surface area (Å²) in [4.78, 5) is 141. The second-order valence-corrected chi connectivity index (χ2v) is 17.1. The number of aryl methyl sites for hydroxylation is 2. The number of benzene rings is 1. The van der Waals surface area contributed by atoms with E-state index in [-0.39, 0.29) is 85.7 Å². The summed E-state index contributed by atoms with van der Waals surface area (Å²) in [6, 6.07) is 3.69. The van der Waals surface area contributed by atoms with Crippen LogP contribution in [0.3, 0.4) is 0 Å². The summed E-state index contributed by atoms with van der Waals surface area (Å²) in [5.74, 6) is -1.58. The molecule has 0 aliphatic heterocycles. The average molecular weight is 973 g/mol. The predicted octanol–water partition coefficient (Wildman–Crippen LogP) is 4.18. The van der Waals surface area contributed by atoms with Gasteiger partial charge in [-0.15, -0.1) is 0 Å². The molecule has 0 atom stereocenters. The molecule has 70 heavy (non-hydrogen) atoms. The number of H-pyrrole nitrogens is 2. The highest BCUT2D eigenvalue weighted by Gasteiger charge is 2.21. The van der Waals surface area contributed by atoms with Crippen molar-refractivity contribution in [3.8, 4) is 0 Å². The van der Waals surface area contributed by atoms with Gasteiger partial charge in [-0.3, -0.25) is 68.1 Å². The number of rotatable bonds is 30. The molecule has 22 nitrogen and oxygen atoms in total. The zero-order valence-electron chi connectivity index (χ0n) is 40.0. The molecule has 5 rings (SSSR count). The van der Waals surface area contributed by atoms with Crippen LogP contribution < -0.4 is 54.6 Å². The number of aromatic amines is 2. The monoisotopic (exact) mass is 972 g/mol. The number of ether oxygens (including phenoxy) is 2. The maximum absolute atomic E-state index is 13.3. The van der Waals surface area contributed by atoms with Crippen molar-refractivity contribution >= 4 is 57.4 Å². The van der Waals surface area contributed by atoms with Gasteiger partial charge in [0.05, 0.1) is 47.5 Å². The van der Waals surface area contributed by atoms with Gasteiger partial charge in [0.15, 0.2) is 0 Å². The first-order valence-corrected chi connectivity index (χ1v) is 24.3. The Kier molecular flexibility index (Phi) is 21.2. The van der Waals surface area contributed by atoms with Crippen LogP contribution in [0.4, 0.5) is 21.5 Å². The summed E-state index contributed by atoms with van der Waals surface area (Å²) >= 11 is 0. The molecule has 0 saturated carbocycles. The lowest BCUT2D eigenvalue weighted by atomic mass is 10.1. The molecular formula is C48H64N10O12. The Hall–Kier alpha value is -7.26. The Morgan fingerprint density at radius 2 is 0.843 bits per heavy atom. The number of carbonyl (C=O) groups excluding carboxylic acids is 4. The molecule has 378 valence electrons. The van der Waals surface area contributed by atoms with Gasteiger partial charge in [0.1, 0.15) is 13.2 Å². The largest absolute Gasteiger partial charge is 0.464 e. The van der Waals surface area contributed by atoms with Crippen molar-refractivity contribution in [1.82, 2.24) is 39.7 Å². The van der Waals surface area contributed by atoms with Gasteiger partial charge in [0, 0.05) is 36.6 Å².